The minimum absolute atomic E-state index is 0.0683. The fourth-order valence-electron chi connectivity index (χ4n) is 2.61. The number of anilines is 1. The molecule has 140 valence electrons. The van der Waals surface area contributed by atoms with Gasteiger partial charge in [-0.1, -0.05) is 12.1 Å². The average molecular weight is 377 g/mol. The number of nitrogens with one attached hydrogen (secondary N) is 1. The molecule has 1 heterocycles. The van der Waals surface area contributed by atoms with Crippen molar-refractivity contribution >= 4 is 17.6 Å². The molecule has 7 nitrogen and oxygen atoms in total. The third-order valence-electron chi connectivity index (χ3n) is 3.93. The highest BCUT2D eigenvalue weighted by atomic mass is 19.1. The maximum Gasteiger partial charge on any atom is 0.259 e. The average Bonchev–Trinajstić information content (AvgIpc) is 3.11. The first-order valence-corrected chi connectivity index (χ1v) is 8.31. The van der Waals surface area contributed by atoms with Crippen molar-refractivity contribution in [2.75, 3.05) is 5.32 Å². The standard InChI is InChI=1S/C20H15FN4O3/c21-15-7-5-13(6-8-15)18-17(12-25(24-18)10-2-9-22)19(26)23-16-4-1-3-14(11-16)20(27)28/h1,3-8,11-12H,2,10H2,(H,23,26)(H,27,28)/p-1. The van der Waals surface area contributed by atoms with E-state index >= 15 is 0 Å². The lowest BCUT2D eigenvalue weighted by Gasteiger charge is -2.08. The topological polar surface area (TPSA) is 111 Å². The highest BCUT2D eigenvalue weighted by molar-refractivity contribution is 6.08. The van der Waals surface area contributed by atoms with Crippen molar-refractivity contribution < 1.29 is 19.1 Å². The van der Waals surface area contributed by atoms with Gasteiger partial charge in [0.15, 0.2) is 0 Å². The summed E-state index contributed by atoms with van der Waals surface area (Å²) in [5, 5.41) is 26.7. The van der Waals surface area contributed by atoms with Crippen molar-refractivity contribution in [2.45, 2.75) is 13.0 Å². The molecule has 0 saturated carbocycles. The Kier molecular flexibility index (Phi) is 5.46. The maximum atomic E-state index is 13.2. The summed E-state index contributed by atoms with van der Waals surface area (Å²) in [6.07, 6.45) is 1.70. The predicted octanol–water partition coefficient (Wildman–Crippen LogP) is 2.22. The van der Waals surface area contributed by atoms with Gasteiger partial charge in [0, 0.05) is 17.4 Å². The number of aromatic carboxylic acids is 1. The van der Waals surface area contributed by atoms with E-state index in [0.717, 1.165) is 0 Å². The molecule has 28 heavy (non-hydrogen) atoms. The van der Waals surface area contributed by atoms with Crippen LogP contribution in [0, 0.1) is 17.1 Å². The molecule has 1 N–H and O–H groups in total. The van der Waals surface area contributed by atoms with Gasteiger partial charge in [-0.15, -0.1) is 0 Å². The molecule has 0 atom stereocenters. The second-order valence-electron chi connectivity index (χ2n) is 5.89. The highest BCUT2D eigenvalue weighted by Gasteiger charge is 2.18. The zero-order valence-electron chi connectivity index (χ0n) is 14.6. The van der Waals surface area contributed by atoms with E-state index in [1.54, 1.807) is 6.07 Å². The molecular weight excluding hydrogens is 363 g/mol. The lowest BCUT2D eigenvalue weighted by atomic mass is 10.1. The number of carboxylic acid groups (broad SMARTS) is 1. The van der Waals surface area contributed by atoms with Gasteiger partial charge in [0.2, 0.25) is 0 Å². The molecule has 3 rings (SSSR count). The van der Waals surface area contributed by atoms with Crippen LogP contribution in [-0.4, -0.2) is 21.7 Å². The Hall–Kier alpha value is -3.99. The van der Waals surface area contributed by atoms with Crippen molar-refractivity contribution in [1.29, 1.82) is 5.26 Å². The summed E-state index contributed by atoms with van der Waals surface area (Å²) in [6.45, 7) is 0.290. The predicted molar refractivity (Wildman–Crippen MR) is 96.6 cm³/mol. The normalized spacial score (nSPS) is 10.3. The molecule has 3 aromatic rings. The Morgan fingerprint density at radius 3 is 2.64 bits per heavy atom. The molecule has 0 unspecified atom stereocenters. The van der Waals surface area contributed by atoms with Gasteiger partial charge in [-0.05, 0) is 42.0 Å². The number of aromatic nitrogens is 2. The molecule has 0 aliphatic carbocycles. The number of carboxylic acids is 1. The van der Waals surface area contributed by atoms with Crippen LogP contribution < -0.4 is 10.4 Å². The smallest absolute Gasteiger partial charge is 0.259 e. The summed E-state index contributed by atoms with van der Waals surface area (Å²) in [6, 6.07) is 13.2. The summed E-state index contributed by atoms with van der Waals surface area (Å²) < 4.78 is 14.7. The van der Waals surface area contributed by atoms with E-state index in [9.17, 15) is 19.1 Å². The molecule has 1 amide bonds. The van der Waals surface area contributed by atoms with Crippen LogP contribution in [0.25, 0.3) is 11.3 Å². The monoisotopic (exact) mass is 377 g/mol. The zero-order valence-corrected chi connectivity index (χ0v) is 14.6. The van der Waals surface area contributed by atoms with Gasteiger partial charge in [-0.2, -0.15) is 10.4 Å². The number of carbonyl (C=O) groups is 2. The van der Waals surface area contributed by atoms with E-state index in [1.807, 2.05) is 6.07 Å². The molecule has 1 aromatic heterocycles. The number of hydrogen-bond acceptors (Lipinski definition) is 5. The summed E-state index contributed by atoms with van der Waals surface area (Å²) >= 11 is 0. The maximum absolute atomic E-state index is 13.2. The van der Waals surface area contributed by atoms with Gasteiger partial charge in [-0.25, -0.2) is 4.39 Å². The minimum atomic E-state index is -1.35. The summed E-state index contributed by atoms with van der Waals surface area (Å²) in [5.41, 5.74) is 1.28. The van der Waals surface area contributed by atoms with Gasteiger partial charge >= 0.3 is 0 Å². The largest absolute Gasteiger partial charge is 0.545 e. The molecule has 0 spiro atoms. The van der Waals surface area contributed by atoms with Gasteiger partial charge in [-0.3, -0.25) is 9.48 Å². The SMILES string of the molecule is N#CCCn1cc(C(=O)Nc2cccc(C(=O)[O-])c2)c(-c2ccc(F)cc2)n1. The number of benzene rings is 2. The number of carbonyl (C=O) groups excluding carboxylic acids is 2. The van der Waals surface area contributed by atoms with Gasteiger partial charge in [0.1, 0.15) is 11.5 Å². The third kappa shape index (κ3) is 4.22. The van der Waals surface area contributed by atoms with Crippen LogP contribution in [0.2, 0.25) is 0 Å². The first kappa shape index (κ1) is 18.8. The molecule has 0 aliphatic heterocycles. The number of aryl methyl sites for hydroxylation is 1. The molecule has 0 radical (unpaired) electrons. The second-order valence-corrected chi connectivity index (χ2v) is 5.89. The van der Waals surface area contributed by atoms with Crippen LogP contribution in [0.3, 0.4) is 0 Å². The van der Waals surface area contributed by atoms with Gasteiger partial charge in [0.05, 0.1) is 30.6 Å². The zero-order chi connectivity index (χ0) is 20.1. The molecular formula is C20H14FN4O3-. The summed E-state index contributed by atoms with van der Waals surface area (Å²) in [7, 11) is 0. The van der Waals surface area contributed by atoms with Crippen LogP contribution >= 0.6 is 0 Å². The first-order chi connectivity index (χ1) is 13.5. The lowest BCUT2D eigenvalue weighted by Crippen LogP contribution is -2.22. The van der Waals surface area contributed by atoms with Crippen molar-refractivity contribution in [1.82, 2.24) is 9.78 Å². The van der Waals surface area contributed by atoms with Crippen molar-refractivity contribution in [3.63, 3.8) is 0 Å². The van der Waals surface area contributed by atoms with Crippen molar-refractivity contribution in [3.8, 4) is 17.3 Å². The number of nitrogens with zero attached hydrogens (tertiary/aromatic N) is 3. The lowest BCUT2D eigenvalue weighted by molar-refractivity contribution is -0.255. The minimum Gasteiger partial charge on any atom is -0.545 e. The van der Waals surface area contributed by atoms with Crippen LogP contribution in [0.5, 0.6) is 0 Å². The molecule has 0 aliphatic rings. The quantitative estimate of drug-likeness (QED) is 0.708. The Bertz CT molecular complexity index is 1070. The fraction of sp³-hybridized carbons (Fsp3) is 0.100. The molecule has 0 fully saturated rings. The number of nitriles is 1. The Labute approximate surface area is 159 Å². The number of hydrogen-bond donors (Lipinski definition) is 1. The van der Waals surface area contributed by atoms with E-state index in [4.69, 9.17) is 5.26 Å². The van der Waals surface area contributed by atoms with E-state index in [0.29, 0.717) is 11.3 Å². The van der Waals surface area contributed by atoms with Crippen LogP contribution in [-0.2, 0) is 6.54 Å². The number of rotatable bonds is 6. The van der Waals surface area contributed by atoms with Crippen molar-refractivity contribution in [2.24, 2.45) is 0 Å². The fourth-order valence-corrected chi connectivity index (χ4v) is 2.61. The van der Waals surface area contributed by atoms with Gasteiger partial charge < -0.3 is 15.2 Å². The number of halogens is 1. The molecule has 8 heteroatoms. The van der Waals surface area contributed by atoms with Crippen LogP contribution in [0.1, 0.15) is 27.1 Å². The Balaban J connectivity index is 1.94. The van der Waals surface area contributed by atoms with E-state index in [2.05, 4.69) is 10.4 Å². The van der Waals surface area contributed by atoms with E-state index in [1.165, 1.54) is 53.3 Å². The molecule has 2 aromatic carbocycles. The van der Waals surface area contributed by atoms with E-state index < -0.39 is 17.7 Å². The third-order valence-corrected chi connectivity index (χ3v) is 3.93. The highest BCUT2D eigenvalue weighted by Crippen LogP contribution is 2.24. The molecule has 0 saturated heterocycles. The van der Waals surface area contributed by atoms with Crippen molar-refractivity contribution in [3.05, 3.63) is 71.7 Å². The summed E-state index contributed by atoms with van der Waals surface area (Å²) in [4.78, 5) is 23.8. The van der Waals surface area contributed by atoms with Crippen LogP contribution in [0.15, 0.2) is 54.7 Å². The van der Waals surface area contributed by atoms with Crippen LogP contribution in [0.4, 0.5) is 10.1 Å². The Morgan fingerprint density at radius 1 is 1.21 bits per heavy atom. The number of amides is 1. The summed E-state index contributed by atoms with van der Waals surface area (Å²) in [5.74, 6) is -2.29. The van der Waals surface area contributed by atoms with E-state index in [-0.39, 0.29) is 29.8 Å². The second kappa shape index (κ2) is 8.14. The molecule has 0 bridgehead atoms. The van der Waals surface area contributed by atoms with Gasteiger partial charge in [0.25, 0.3) is 5.91 Å². The first-order valence-electron chi connectivity index (χ1n) is 8.31. The Morgan fingerprint density at radius 2 is 1.96 bits per heavy atom.